The summed E-state index contributed by atoms with van der Waals surface area (Å²) in [4.78, 5) is 43.1. The Morgan fingerprint density at radius 1 is 1.02 bits per heavy atom. The van der Waals surface area contributed by atoms with Crippen LogP contribution in [0.25, 0.3) is 11.0 Å². The molecule has 7 rings (SSSR count). The van der Waals surface area contributed by atoms with Gasteiger partial charge in [0.15, 0.2) is 5.78 Å². The van der Waals surface area contributed by atoms with E-state index in [1.54, 1.807) is 10.8 Å². The number of pyridine rings is 1. The number of aryl methyl sites for hydroxylation is 1. The molecule has 1 saturated carbocycles. The number of aromatic nitrogens is 3. The van der Waals surface area contributed by atoms with Crippen molar-refractivity contribution < 1.29 is 9.53 Å². The number of anilines is 3. The molecule has 3 aromatic rings. The number of fused-ring (bicyclic) bond motifs is 4. The van der Waals surface area contributed by atoms with Crippen LogP contribution in [0.15, 0.2) is 29.2 Å². The number of benzene rings is 1. The van der Waals surface area contributed by atoms with E-state index in [0.717, 1.165) is 67.8 Å². The van der Waals surface area contributed by atoms with E-state index < -0.39 is 0 Å². The molecule has 1 aliphatic carbocycles. The standard InChI is InChI=1S/C32H41N7O3/c1-20-26-17-33-32(35-30(26)39(24-6-4-5-7-24)31(41)29(20)21(2)40)34-22-8-9-28-27(16-22)38-15-14-37(18-25(38)19-42-28)23-10-12-36(3)13-11-23/h8-9,16-17,23-25H,4-7,10-15,18-19H2,1-3H3,(H,33,34,35)/t25-/m0/s1. The first-order valence-corrected chi connectivity index (χ1v) is 15.5. The topological polar surface area (TPSA) is 95.8 Å². The number of nitrogens with zero attached hydrogens (tertiary/aromatic N) is 6. The van der Waals surface area contributed by atoms with Crippen LogP contribution >= 0.6 is 0 Å². The summed E-state index contributed by atoms with van der Waals surface area (Å²) in [7, 11) is 2.22. The summed E-state index contributed by atoms with van der Waals surface area (Å²) in [6.45, 7) is 9.41. The molecule has 0 amide bonds. The molecule has 4 aliphatic rings. The van der Waals surface area contributed by atoms with Gasteiger partial charge in [-0.3, -0.25) is 19.1 Å². The zero-order valence-electron chi connectivity index (χ0n) is 24.9. The lowest BCUT2D eigenvalue weighted by Crippen LogP contribution is -2.60. The van der Waals surface area contributed by atoms with Gasteiger partial charge in [-0.1, -0.05) is 12.8 Å². The van der Waals surface area contributed by atoms with E-state index in [0.29, 0.717) is 35.8 Å². The van der Waals surface area contributed by atoms with Gasteiger partial charge in [0, 0.05) is 49.0 Å². The van der Waals surface area contributed by atoms with E-state index in [1.807, 2.05) is 19.1 Å². The lowest BCUT2D eigenvalue weighted by molar-refractivity contribution is 0.0868. The quantitative estimate of drug-likeness (QED) is 0.454. The first kappa shape index (κ1) is 27.3. The average molecular weight is 572 g/mol. The van der Waals surface area contributed by atoms with E-state index >= 15 is 0 Å². The number of nitrogens with one attached hydrogen (secondary N) is 1. The van der Waals surface area contributed by atoms with Gasteiger partial charge in [0.25, 0.3) is 5.56 Å². The number of hydrogen-bond acceptors (Lipinski definition) is 9. The fourth-order valence-corrected chi connectivity index (χ4v) is 7.60. The second-order valence-electron chi connectivity index (χ2n) is 12.6. The van der Waals surface area contributed by atoms with E-state index in [1.165, 1.54) is 32.9 Å². The number of carbonyl (C=O) groups excluding carboxylic acids is 1. The van der Waals surface area contributed by atoms with E-state index in [-0.39, 0.29) is 22.9 Å². The first-order chi connectivity index (χ1) is 20.4. The number of carbonyl (C=O) groups is 1. The van der Waals surface area contributed by atoms with Crippen molar-refractivity contribution in [2.45, 2.75) is 70.5 Å². The van der Waals surface area contributed by atoms with Crippen LogP contribution in [0.1, 0.15) is 67.4 Å². The fraction of sp³-hybridized carbons (Fsp3) is 0.562. The van der Waals surface area contributed by atoms with Crippen LogP contribution in [0.2, 0.25) is 0 Å². The van der Waals surface area contributed by atoms with Gasteiger partial charge in [-0.05, 0) is 83.4 Å². The van der Waals surface area contributed by atoms with Crippen LogP contribution in [0, 0.1) is 6.92 Å². The molecule has 0 unspecified atom stereocenters. The van der Waals surface area contributed by atoms with Gasteiger partial charge in [-0.25, -0.2) is 4.98 Å². The molecular formula is C32H41N7O3. The summed E-state index contributed by atoms with van der Waals surface area (Å²) in [6.07, 6.45) is 8.20. The Morgan fingerprint density at radius 3 is 2.57 bits per heavy atom. The number of ether oxygens (including phenoxy) is 1. The van der Waals surface area contributed by atoms with Crippen molar-refractivity contribution in [1.29, 1.82) is 0 Å². The molecule has 0 spiro atoms. The Hall–Kier alpha value is -3.50. The van der Waals surface area contributed by atoms with Crippen molar-refractivity contribution in [1.82, 2.24) is 24.3 Å². The molecule has 3 aliphatic heterocycles. The zero-order valence-corrected chi connectivity index (χ0v) is 24.9. The second-order valence-corrected chi connectivity index (χ2v) is 12.6. The largest absolute Gasteiger partial charge is 0.489 e. The molecule has 222 valence electrons. The summed E-state index contributed by atoms with van der Waals surface area (Å²) in [5.41, 5.74) is 3.24. The molecule has 2 saturated heterocycles. The molecule has 1 atom stereocenters. The molecule has 5 heterocycles. The van der Waals surface area contributed by atoms with Gasteiger partial charge in [0.1, 0.15) is 18.0 Å². The Bertz CT molecular complexity index is 1570. The van der Waals surface area contributed by atoms with E-state index in [4.69, 9.17) is 9.72 Å². The summed E-state index contributed by atoms with van der Waals surface area (Å²) in [6, 6.07) is 7.20. The Kier molecular flexibility index (Phi) is 7.14. The van der Waals surface area contributed by atoms with Gasteiger partial charge in [-0.2, -0.15) is 4.98 Å². The molecule has 42 heavy (non-hydrogen) atoms. The monoisotopic (exact) mass is 571 g/mol. The molecule has 0 radical (unpaired) electrons. The Balaban J connectivity index is 1.16. The van der Waals surface area contributed by atoms with Crippen molar-refractivity contribution in [3.63, 3.8) is 0 Å². The Morgan fingerprint density at radius 2 is 1.81 bits per heavy atom. The maximum absolute atomic E-state index is 13.6. The lowest BCUT2D eigenvalue weighted by atomic mass is 10.00. The van der Waals surface area contributed by atoms with Gasteiger partial charge < -0.3 is 19.9 Å². The van der Waals surface area contributed by atoms with E-state index in [2.05, 4.69) is 38.1 Å². The van der Waals surface area contributed by atoms with Crippen LogP contribution < -0.4 is 20.5 Å². The lowest BCUT2D eigenvalue weighted by Gasteiger charge is -2.48. The summed E-state index contributed by atoms with van der Waals surface area (Å²) < 4.78 is 7.99. The number of ketones is 1. The highest BCUT2D eigenvalue weighted by Crippen LogP contribution is 2.39. The Labute approximate surface area is 246 Å². The molecule has 1 aromatic carbocycles. The van der Waals surface area contributed by atoms with Crippen molar-refractivity contribution in [2.24, 2.45) is 0 Å². The first-order valence-electron chi connectivity index (χ1n) is 15.5. The highest BCUT2D eigenvalue weighted by Gasteiger charge is 2.36. The summed E-state index contributed by atoms with van der Waals surface area (Å²) in [5.74, 6) is 1.13. The zero-order chi connectivity index (χ0) is 29.0. The van der Waals surface area contributed by atoms with Crippen molar-refractivity contribution in [3.8, 4) is 5.75 Å². The van der Waals surface area contributed by atoms with Crippen LogP contribution in [-0.2, 0) is 0 Å². The highest BCUT2D eigenvalue weighted by atomic mass is 16.5. The molecule has 3 fully saturated rings. The predicted molar refractivity (Wildman–Crippen MR) is 164 cm³/mol. The number of piperidine rings is 1. The smallest absolute Gasteiger partial charge is 0.263 e. The average Bonchev–Trinajstić information content (AvgIpc) is 3.51. The normalized spacial score (nSPS) is 22.2. The third-order valence-corrected chi connectivity index (χ3v) is 9.92. The molecule has 2 aromatic heterocycles. The van der Waals surface area contributed by atoms with E-state index in [9.17, 15) is 9.59 Å². The SMILES string of the molecule is CC(=O)c1c(C)c2cnc(Nc3ccc4c(c3)N3CCN(C5CCN(C)CC5)C[C@H]3CO4)nc2n(C2CCCC2)c1=O. The molecular weight excluding hydrogens is 530 g/mol. The van der Waals surface area contributed by atoms with Crippen molar-refractivity contribution >= 4 is 34.1 Å². The predicted octanol–water partition coefficient (Wildman–Crippen LogP) is 4.14. The number of likely N-dealkylation sites (tertiary alicyclic amines) is 1. The fourth-order valence-electron chi connectivity index (χ4n) is 7.60. The highest BCUT2D eigenvalue weighted by molar-refractivity contribution is 5.99. The molecule has 1 N–H and O–H groups in total. The van der Waals surface area contributed by atoms with Crippen LogP contribution in [0.4, 0.5) is 17.3 Å². The third-order valence-electron chi connectivity index (χ3n) is 9.92. The minimum absolute atomic E-state index is 0.0486. The van der Waals surface area contributed by atoms with Crippen molar-refractivity contribution in [3.05, 3.63) is 45.9 Å². The van der Waals surface area contributed by atoms with Crippen LogP contribution in [-0.4, -0.2) is 88.6 Å². The molecule has 0 bridgehead atoms. The summed E-state index contributed by atoms with van der Waals surface area (Å²) >= 11 is 0. The second kappa shape index (κ2) is 11.0. The van der Waals surface area contributed by atoms with Crippen LogP contribution in [0.5, 0.6) is 5.75 Å². The maximum Gasteiger partial charge on any atom is 0.263 e. The van der Waals surface area contributed by atoms with Gasteiger partial charge in [0.05, 0.1) is 17.3 Å². The number of piperazine rings is 1. The molecule has 10 heteroatoms. The van der Waals surface area contributed by atoms with Gasteiger partial charge >= 0.3 is 0 Å². The van der Waals surface area contributed by atoms with Crippen LogP contribution in [0.3, 0.4) is 0 Å². The summed E-state index contributed by atoms with van der Waals surface area (Å²) in [5, 5.41) is 4.15. The minimum Gasteiger partial charge on any atom is -0.489 e. The minimum atomic E-state index is -0.236. The van der Waals surface area contributed by atoms with Crippen molar-refractivity contribution in [2.75, 3.05) is 56.6 Å². The number of rotatable bonds is 5. The number of Topliss-reactive ketones (excluding diaryl/α,β-unsaturated/α-hetero) is 1. The third kappa shape index (κ3) is 4.84. The van der Waals surface area contributed by atoms with Gasteiger partial charge in [0.2, 0.25) is 5.95 Å². The maximum atomic E-state index is 13.6. The molecule has 10 nitrogen and oxygen atoms in total. The number of hydrogen-bond donors (Lipinski definition) is 1. The van der Waals surface area contributed by atoms with Gasteiger partial charge in [-0.15, -0.1) is 0 Å².